The maximum atomic E-state index is 10.6. The molecule has 0 fully saturated rings. The molecule has 1 heterocycles. The quantitative estimate of drug-likeness (QED) is 0.137. The molecule has 216 valence electrons. The van der Waals surface area contributed by atoms with Gasteiger partial charge in [0.1, 0.15) is 6.07 Å². The van der Waals surface area contributed by atoms with Crippen molar-refractivity contribution in [3.63, 3.8) is 0 Å². The normalized spacial score (nSPS) is 11.8. The highest BCUT2D eigenvalue weighted by Crippen LogP contribution is 2.37. The monoisotopic (exact) mass is 588 g/mol. The van der Waals surface area contributed by atoms with E-state index in [1.807, 2.05) is 82.3 Å². The average molecular weight is 589 g/mol. The molecule has 7 rings (SSSR count). The number of allylic oxidation sites excluding steroid dienone is 4. The van der Waals surface area contributed by atoms with Crippen LogP contribution < -0.4 is 4.90 Å². The van der Waals surface area contributed by atoms with E-state index in [4.69, 9.17) is 0 Å². The number of nitrogens with zero attached hydrogens (tertiary/aromatic N) is 4. The van der Waals surface area contributed by atoms with E-state index in [1.54, 1.807) is 6.08 Å². The van der Waals surface area contributed by atoms with Crippen LogP contribution in [0.5, 0.6) is 0 Å². The summed E-state index contributed by atoms with van der Waals surface area (Å²) in [5, 5.41) is 24.9. The summed E-state index contributed by atoms with van der Waals surface area (Å²) < 4.78 is 2.04. The average Bonchev–Trinajstić information content (AvgIpc) is 3.45. The molecular formula is C42H28N4. The van der Waals surface area contributed by atoms with Crippen LogP contribution in [-0.4, -0.2) is 4.57 Å². The Labute approximate surface area is 267 Å². The summed E-state index contributed by atoms with van der Waals surface area (Å²) in [5.41, 5.74) is 7.27. The van der Waals surface area contributed by atoms with Crippen molar-refractivity contribution in [2.75, 3.05) is 4.90 Å². The first kappa shape index (κ1) is 28.2. The molecule has 0 unspecified atom stereocenters. The van der Waals surface area contributed by atoms with Gasteiger partial charge in [-0.1, -0.05) is 116 Å². The summed E-state index contributed by atoms with van der Waals surface area (Å²) in [4.78, 5) is 2.01. The predicted molar refractivity (Wildman–Crippen MR) is 190 cm³/mol. The second kappa shape index (κ2) is 12.2. The van der Waals surface area contributed by atoms with Crippen molar-refractivity contribution in [1.82, 2.24) is 4.57 Å². The highest BCUT2D eigenvalue weighted by molar-refractivity contribution is 6.10. The van der Waals surface area contributed by atoms with Crippen molar-refractivity contribution in [3.05, 3.63) is 176 Å². The summed E-state index contributed by atoms with van der Waals surface area (Å²) in [6.07, 6.45) is 3.25. The molecular weight excluding hydrogens is 560 g/mol. The third kappa shape index (κ3) is 5.11. The van der Waals surface area contributed by atoms with Gasteiger partial charge >= 0.3 is 0 Å². The van der Waals surface area contributed by atoms with Gasteiger partial charge in [-0.05, 0) is 64.4 Å². The topological polar surface area (TPSA) is 55.8 Å². The number of fused-ring (bicyclic) bond motifs is 4. The molecule has 0 radical (unpaired) electrons. The Hall–Kier alpha value is -6.62. The van der Waals surface area contributed by atoms with Crippen LogP contribution in [0.2, 0.25) is 0 Å². The Balaban J connectivity index is 1.37. The van der Waals surface area contributed by atoms with Crippen LogP contribution in [0.1, 0.15) is 0 Å². The van der Waals surface area contributed by atoms with Crippen LogP contribution in [0.3, 0.4) is 0 Å². The summed E-state index contributed by atoms with van der Waals surface area (Å²) in [5.74, 6) is 0. The minimum atomic E-state index is 0.337. The van der Waals surface area contributed by atoms with Gasteiger partial charge < -0.3 is 9.47 Å². The van der Waals surface area contributed by atoms with Crippen molar-refractivity contribution in [3.8, 4) is 23.3 Å². The zero-order valence-corrected chi connectivity index (χ0v) is 25.0. The molecule has 0 aliphatic heterocycles. The fourth-order valence-corrected chi connectivity index (χ4v) is 6.10. The molecule has 0 saturated heterocycles. The van der Waals surface area contributed by atoms with Crippen molar-refractivity contribution in [2.45, 2.75) is 0 Å². The van der Waals surface area contributed by atoms with Crippen molar-refractivity contribution in [2.24, 2.45) is 0 Å². The van der Waals surface area contributed by atoms with Crippen LogP contribution >= 0.6 is 0 Å². The van der Waals surface area contributed by atoms with E-state index in [0.717, 1.165) is 55.1 Å². The lowest BCUT2D eigenvalue weighted by molar-refractivity contribution is 1.18. The molecule has 1 aromatic heterocycles. The van der Waals surface area contributed by atoms with Crippen LogP contribution in [-0.2, 0) is 0 Å². The van der Waals surface area contributed by atoms with E-state index in [1.165, 1.54) is 6.08 Å². The van der Waals surface area contributed by atoms with Gasteiger partial charge in [-0.25, -0.2) is 0 Å². The molecule has 0 aliphatic rings. The first-order valence-electron chi connectivity index (χ1n) is 15.0. The fraction of sp³-hybridized carbons (Fsp3) is 0. The first-order valence-corrected chi connectivity index (χ1v) is 15.0. The maximum absolute atomic E-state index is 10.6. The molecule has 46 heavy (non-hydrogen) atoms. The largest absolute Gasteiger partial charge is 0.310 e. The standard InChI is InChI=1S/C42H28N4/c1-30(35(29-44)28-38(25-26-43)46-41-17-9-7-15-39(41)40-16-8-10-18-42(40)46)45(37-24-21-32-13-5-6-14-34(32)27-37)36-22-19-33(20-23-36)31-11-3-2-4-12-31/h2-25,27-28H,1H2/b35-28-,38-25-. The van der Waals surface area contributed by atoms with Gasteiger partial charge in [-0.2, -0.15) is 10.5 Å². The number of para-hydroxylation sites is 2. The summed E-state index contributed by atoms with van der Waals surface area (Å²) in [7, 11) is 0. The molecule has 0 N–H and O–H groups in total. The highest BCUT2D eigenvalue weighted by atomic mass is 15.1. The van der Waals surface area contributed by atoms with E-state index < -0.39 is 0 Å². The van der Waals surface area contributed by atoms with Crippen LogP contribution in [0.4, 0.5) is 11.4 Å². The number of rotatable bonds is 7. The Bertz CT molecular complexity index is 2340. The lowest BCUT2D eigenvalue weighted by Gasteiger charge is -2.27. The molecule has 0 spiro atoms. The van der Waals surface area contributed by atoms with E-state index in [0.29, 0.717) is 17.0 Å². The Morgan fingerprint density at radius 1 is 0.609 bits per heavy atom. The number of hydrogen-bond acceptors (Lipinski definition) is 3. The predicted octanol–water partition coefficient (Wildman–Crippen LogP) is 10.8. The lowest BCUT2D eigenvalue weighted by Crippen LogP contribution is -2.17. The molecule has 6 aromatic carbocycles. The minimum absolute atomic E-state index is 0.337. The van der Waals surface area contributed by atoms with E-state index in [2.05, 4.69) is 91.5 Å². The second-order valence-corrected chi connectivity index (χ2v) is 11.0. The van der Waals surface area contributed by atoms with Gasteiger partial charge in [0.05, 0.1) is 34.1 Å². The number of aromatic nitrogens is 1. The lowest BCUT2D eigenvalue weighted by atomic mass is 10.0. The summed E-state index contributed by atoms with van der Waals surface area (Å²) >= 11 is 0. The van der Waals surface area contributed by atoms with E-state index >= 15 is 0 Å². The number of anilines is 2. The van der Waals surface area contributed by atoms with Crippen molar-refractivity contribution < 1.29 is 0 Å². The summed E-state index contributed by atoms with van der Waals surface area (Å²) in [6.45, 7) is 4.47. The van der Waals surface area contributed by atoms with Crippen molar-refractivity contribution in [1.29, 1.82) is 10.5 Å². The molecule has 0 bridgehead atoms. The van der Waals surface area contributed by atoms with Crippen LogP contribution in [0.15, 0.2) is 176 Å². The molecule has 4 heteroatoms. The van der Waals surface area contributed by atoms with E-state index in [-0.39, 0.29) is 0 Å². The number of nitriles is 2. The number of benzene rings is 6. The number of hydrogen-bond donors (Lipinski definition) is 0. The second-order valence-electron chi connectivity index (χ2n) is 11.0. The molecule has 7 aromatic rings. The Morgan fingerprint density at radius 3 is 1.83 bits per heavy atom. The van der Waals surface area contributed by atoms with Crippen LogP contribution in [0, 0.1) is 22.7 Å². The van der Waals surface area contributed by atoms with Gasteiger partial charge in [0.15, 0.2) is 0 Å². The molecule has 0 aliphatic carbocycles. The fourth-order valence-electron chi connectivity index (χ4n) is 6.10. The smallest absolute Gasteiger partial charge is 0.101 e. The third-order valence-corrected chi connectivity index (χ3v) is 8.27. The molecule has 0 atom stereocenters. The molecule has 0 saturated carbocycles. The first-order chi connectivity index (χ1) is 22.7. The van der Waals surface area contributed by atoms with E-state index in [9.17, 15) is 10.5 Å². The SMILES string of the molecule is C=C(/C(C#N)=C\C(=C\C#N)n1c2ccccc2c2ccccc21)N(c1ccc(-c2ccccc2)cc1)c1ccc2ccccc2c1. The van der Waals surface area contributed by atoms with Gasteiger partial charge in [0, 0.05) is 28.2 Å². The van der Waals surface area contributed by atoms with Gasteiger partial charge in [0.25, 0.3) is 0 Å². The maximum Gasteiger partial charge on any atom is 0.101 e. The summed E-state index contributed by atoms with van der Waals surface area (Å²) in [6, 6.07) is 53.8. The van der Waals surface area contributed by atoms with Gasteiger partial charge in [0.2, 0.25) is 0 Å². The zero-order chi connectivity index (χ0) is 31.5. The Kier molecular flexibility index (Phi) is 7.45. The van der Waals surface area contributed by atoms with Crippen molar-refractivity contribution >= 4 is 49.7 Å². The molecule has 4 nitrogen and oxygen atoms in total. The third-order valence-electron chi connectivity index (χ3n) is 8.27. The minimum Gasteiger partial charge on any atom is -0.310 e. The highest BCUT2D eigenvalue weighted by Gasteiger charge is 2.19. The molecule has 0 amide bonds. The van der Waals surface area contributed by atoms with Gasteiger partial charge in [-0.3, -0.25) is 0 Å². The van der Waals surface area contributed by atoms with Crippen LogP contribution in [0.25, 0.3) is 49.4 Å². The Morgan fingerprint density at radius 2 is 1.17 bits per heavy atom. The van der Waals surface area contributed by atoms with Gasteiger partial charge in [-0.15, -0.1) is 0 Å². The zero-order valence-electron chi connectivity index (χ0n) is 25.0.